The molecule has 20 heavy (non-hydrogen) atoms. The highest BCUT2D eigenvalue weighted by Gasteiger charge is 2.11. The smallest absolute Gasteiger partial charge is 0.322 e. The molecule has 0 aliphatic rings. The number of rotatable bonds is 4. The molecule has 2 aromatic rings. The maximum Gasteiger partial charge on any atom is 0.322 e. The highest BCUT2D eigenvalue weighted by atomic mass is 16.2. The molecule has 0 spiro atoms. The lowest BCUT2D eigenvalue weighted by Gasteiger charge is -2.19. The first-order valence-corrected chi connectivity index (χ1v) is 6.69. The van der Waals surface area contributed by atoms with Crippen molar-refractivity contribution < 1.29 is 4.79 Å². The van der Waals surface area contributed by atoms with E-state index in [1.165, 1.54) is 0 Å². The van der Waals surface area contributed by atoms with Gasteiger partial charge in [0.05, 0.1) is 5.69 Å². The summed E-state index contributed by atoms with van der Waals surface area (Å²) in [6, 6.07) is 11.4. The van der Waals surface area contributed by atoms with Crippen molar-refractivity contribution in [2.75, 3.05) is 18.9 Å². The van der Waals surface area contributed by atoms with Gasteiger partial charge in [0.15, 0.2) is 5.82 Å². The minimum atomic E-state index is -0.142. The minimum absolute atomic E-state index is 0.142. The molecule has 0 fully saturated rings. The Kier molecular flexibility index (Phi) is 4.40. The summed E-state index contributed by atoms with van der Waals surface area (Å²) in [7, 11) is 1.78. The topological polar surface area (TPSA) is 50.2 Å². The Balaban J connectivity index is 2.01. The molecule has 106 valence electrons. The number of carbonyl (C=O) groups is 1. The monoisotopic (exact) mass is 272 g/mol. The zero-order valence-electron chi connectivity index (χ0n) is 12.1. The van der Waals surface area contributed by atoms with Crippen LogP contribution in [0.1, 0.15) is 13.8 Å². The van der Waals surface area contributed by atoms with E-state index in [9.17, 15) is 4.79 Å². The van der Waals surface area contributed by atoms with Crippen LogP contribution in [0.4, 0.5) is 10.6 Å². The average molecular weight is 272 g/mol. The van der Waals surface area contributed by atoms with E-state index in [2.05, 4.69) is 24.3 Å². The fraction of sp³-hybridized carbons (Fsp3) is 0.333. The Labute approximate surface area is 119 Å². The molecule has 0 bridgehead atoms. The van der Waals surface area contributed by atoms with E-state index in [-0.39, 0.29) is 6.03 Å². The van der Waals surface area contributed by atoms with Crippen molar-refractivity contribution in [1.82, 2.24) is 14.7 Å². The Morgan fingerprint density at radius 3 is 2.65 bits per heavy atom. The van der Waals surface area contributed by atoms with Gasteiger partial charge in [-0.25, -0.2) is 9.48 Å². The van der Waals surface area contributed by atoms with Gasteiger partial charge in [-0.3, -0.25) is 5.32 Å². The molecule has 2 rings (SSSR count). The van der Waals surface area contributed by atoms with Crippen LogP contribution in [-0.2, 0) is 0 Å². The van der Waals surface area contributed by atoms with Crippen LogP contribution in [0, 0.1) is 5.92 Å². The van der Waals surface area contributed by atoms with Crippen molar-refractivity contribution in [3.8, 4) is 5.69 Å². The van der Waals surface area contributed by atoms with Gasteiger partial charge in [-0.1, -0.05) is 32.0 Å². The molecular formula is C15H20N4O. The molecule has 0 aliphatic heterocycles. The lowest BCUT2D eigenvalue weighted by Crippen LogP contribution is -2.34. The summed E-state index contributed by atoms with van der Waals surface area (Å²) in [6.07, 6.45) is 1.83. The maximum absolute atomic E-state index is 12.0. The first kappa shape index (κ1) is 14.1. The second-order valence-corrected chi connectivity index (χ2v) is 5.19. The van der Waals surface area contributed by atoms with E-state index in [1.807, 2.05) is 36.5 Å². The fourth-order valence-electron chi connectivity index (χ4n) is 1.95. The molecule has 5 heteroatoms. The van der Waals surface area contributed by atoms with Crippen molar-refractivity contribution in [1.29, 1.82) is 0 Å². The lowest BCUT2D eigenvalue weighted by atomic mass is 10.2. The quantitative estimate of drug-likeness (QED) is 0.930. The highest BCUT2D eigenvalue weighted by molar-refractivity contribution is 5.88. The summed E-state index contributed by atoms with van der Waals surface area (Å²) in [5.74, 6) is 0.988. The second kappa shape index (κ2) is 6.23. The number of urea groups is 1. The number of hydrogen-bond acceptors (Lipinski definition) is 2. The van der Waals surface area contributed by atoms with Crippen LogP contribution in [0.2, 0.25) is 0 Å². The van der Waals surface area contributed by atoms with E-state index in [4.69, 9.17) is 0 Å². The number of anilines is 1. The number of para-hydroxylation sites is 1. The van der Waals surface area contributed by atoms with Gasteiger partial charge in [-0.2, -0.15) is 0 Å². The van der Waals surface area contributed by atoms with Gasteiger partial charge in [0.1, 0.15) is 0 Å². The molecule has 0 saturated heterocycles. The van der Waals surface area contributed by atoms with Crippen LogP contribution in [0.25, 0.3) is 5.69 Å². The van der Waals surface area contributed by atoms with Crippen LogP contribution >= 0.6 is 0 Å². The van der Waals surface area contributed by atoms with Gasteiger partial charge >= 0.3 is 6.03 Å². The number of hydrogen-bond donors (Lipinski definition) is 1. The standard InChI is InChI=1S/C15H20N4O/c1-12(2)11-18(3)15(20)16-14-9-10-19(17-14)13-7-5-4-6-8-13/h4-10,12H,11H2,1-3H3,(H,16,17,20). The summed E-state index contributed by atoms with van der Waals surface area (Å²) < 4.78 is 1.73. The Bertz CT molecular complexity index is 562. The molecule has 0 aliphatic carbocycles. The largest absolute Gasteiger partial charge is 0.327 e. The molecule has 1 aromatic heterocycles. The molecule has 0 atom stereocenters. The summed E-state index contributed by atoms with van der Waals surface area (Å²) in [6.45, 7) is 4.87. The molecule has 0 radical (unpaired) electrons. The van der Waals surface area contributed by atoms with Gasteiger partial charge in [-0.15, -0.1) is 5.10 Å². The van der Waals surface area contributed by atoms with Crippen LogP contribution < -0.4 is 5.32 Å². The molecule has 1 heterocycles. The van der Waals surface area contributed by atoms with Gasteiger partial charge in [0, 0.05) is 25.9 Å². The first-order valence-electron chi connectivity index (χ1n) is 6.69. The molecule has 0 saturated carbocycles. The number of carbonyl (C=O) groups excluding carboxylic acids is 1. The number of amides is 2. The first-order chi connectivity index (χ1) is 9.56. The van der Waals surface area contributed by atoms with Gasteiger partial charge in [-0.05, 0) is 18.1 Å². The number of nitrogens with one attached hydrogen (secondary N) is 1. The Morgan fingerprint density at radius 1 is 1.30 bits per heavy atom. The molecule has 0 unspecified atom stereocenters. The van der Waals surface area contributed by atoms with Crippen molar-refractivity contribution in [3.63, 3.8) is 0 Å². The lowest BCUT2D eigenvalue weighted by molar-refractivity contribution is 0.217. The van der Waals surface area contributed by atoms with Crippen LogP contribution in [0.5, 0.6) is 0 Å². The normalized spacial score (nSPS) is 10.6. The SMILES string of the molecule is CC(C)CN(C)C(=O)Nc1ccn(-c2ccccc2)n1. The van der Waals surface area contributed by atoms with E-state index >= 15 is 0 Å². The zero-order valence-corrected chi connectivity index (χ0v) is 12.1. The summed E-state index contributed by atoms with van der Waals surface area (Å²) in [5, 5.41) is 7.13. The average Bonchev–Trinajstić information content (AvgIpc) is 2.87. The predicted molar refractivity (Wildman–Crippen MR) is 80.1 cm³/mol. The zero-order chi connectivity index (χ0) is 14.5. The summed E-state index contributed by atoms with van der Waals surface area (Å²) in [5.41, 5.74) is 0.962. The molecule has 1 N–H and O–H groups in total. The Hall–Kier alpha value is -2.30. The fourth-order valence-corrected chi connectivity index (χ4v) is 1.95. The molecule has 5 nitrogen and oxygen atoms in total. The summed E-state index contributed by atoms with van der Waals surface area (Å²) >= 11 is 0. The van der Waals surface area contributed by atoms with Gasteiger partial charge in [0.25, 0.3) is 0 Å². The third kappa shape index (κ3) is 3.60. The minimum Gasteiger partial charge on any atom is -0.327 e. The van der Waals surface area contributed by atoms with Crippen molar-refractivity contribution in [3.05, 3.63) is 42.6 Å². The number of nitrogens with zero attached hydrogens (tertiary/aromatic N) is 3. The van der Waals surface area contributed by atoms with Crippen LogP contribution in [0.15, 0.2) is 42.6 Å². The van der Waals surface area contributed by atoms with E-state index in [1.54, 1.807) is 22.7 Å². The Morgan fingerprint density at radius 2 is 2.00 bits per heavy atom. The van der Waals surface area contributed by atoms with E-state index in [0.29, 0.717) is 18.3 Å². The highest BCUT2D eigenvalue weighted by Crippen LogP contribution is 2.10. The number of benzene rings is 1. The molecule has 1 aromatic carbocycles. The number of aromatic nitrogens is 2. The third-order valence-electron chi connectivity index (χ3n) is 2.83. The van der Waals surface area contributed by atoms with Gasteiger partial charge < -0.3 is 4.90 Å². The van der Waals surface area contributed by atoms with Crippen molar-refractivity contribution in [2.24, 2.45) is 5.92 Å². The summed E-state index contributed by atoms with van der Waals surface area (Å²) in [4.78, 5) is 13.6. The maximum atomic E-state index is 12.0. The second-order valence-electron chi connectivity index (χ2n) is 5.19. The van der Waals surface area contributed by atoms with Gasteiger partial charge in [0.2, 0.25) is 0 Å². The van der Waals surface area contributed by atoms with Crippen molar-refractivity contribution in [2.45, 2.75) is 13.8 Å². The van der Waals surface area contributed by atoms with E-state index < -0.39 is 0 Å². The van der Waals surface area contributed by atoms with Crippen molar-refractivity contribution >= 4 is 11.8 Å². The predicted octanol–water partition coefficient (Wildman–Crippen LogP) is 2.99. The molecule has 2 amide bonds. The molecular weight excluding hydrogens is 252 g/mol. The van der Waals surface area contributed by atoms with E-state index in [0.717, 1.165) is 5.69 Å². The van der Waals surface area contributed by atoms with Crippen LogP contribution in [-0.4, -0.2) is 34.3 Å². The van der Waals surface area contributed by atoms with Crippen LogP contribution in [0.3, 0.4) is 0 Å². The third-order valence-corrected chi connectivity index (χ3v) is 2.83.